The molecule has 1 saturated heterocycles. The number of carbonyl (C=O) groups excluding carboxylic acids is 1. The van der Waals surface area contributed by atoms with E-state index in [0.717, 1.165) is 11.3 Å². The highest BCUT2D eigenvalue weighted by atomic mass is 79.9. The van der Waals surface area contributed by atoms with Crippen molar-refractivity contribution in [1.82, 2.24) is 20.8 Å². The second-order valence-electron chi connectivity index (χ2n) is 6.71. The molecule has 1 aromatic carbocycles. The molecule has 11 heteroatoms. The molecule has 2 aliphatic rings. The number of cyclic esters (lactones) is 1. The summed E-state index contributed by atoms with van der Waals surface area (Å²) >= 11 is 3.40. The topological polar surface area (TPSA) is 124 Å². The van der Waals surface area contributed by atoms with Crippen LogP contribution in [-0.4, -0.2) is 41.2 Å². The first kappa shape index (κ1) is 19.5. The molecule has 1 amide bonds. The Morgan fingerprint density at radius 1 is 1.45 bits per heavy atom. The van der Waals surface area contributed by atoms with Gasteiger partial charge in [0, 0.05) is 10.9 Å². The van der Waals surface area contributed by atoms with Crippen molar-refractivity contribution in [3.05, 3.63) is 51.0 Å². The number of nitrogens with two attached hydrogens (primary N) is 1. The number of alkyl carbamates (subject to hydrolysis) is 1. The number of hydrogen-bond acceptors (Lipinski definition) is 8. The molecule has 152 valence electrons. The van der Waals surface area contributed by atoms with E-state index in [1.54, 1.807) is 6.07 Å². The van der Waals surface area contributed by atoms with Crippen LogP contribution in [0.5, 0.6) is 0 Å². The molecule has 2 aliphatic heterocycles. The van der Waals surface area contributed by atoms with Gasteiger partial charge in [-0.1, -0.05) is 22.0 Å². The van der Waals surface area contributed by atoms with Crippen molar-refractivity contribution in [2.24, 2.45) is 4.99 Å². The number of ether oxygens (including phenoxy) is 1. The number of amides is 1. The van der Waals surface area contributed by atoms with Gasteiger partial charge in [0.05, 0.1) is 35.6 Å². The molecule has 3 heterocycles. The van der Waals surface area contributed by atoms with Gasteiger partial charge in [0.15, 0.2) is 5.84 Å². The minimum atomic E-state index is -0.472. The van der Waals surface area contributed by atoms with Gasteiger partial charge < -0.3 is 15.8 Å². The zero-order valence-corrected chi connectivity index (χ0v) is 17.0. The Bertz CT molecular complexity index is 1000. The number of aliphatic imine (C=N–C) groups is 1. The molecule has 1 aromatic heterocycles. The van der Waals surface area contributed by atoms with Gasteiger partial charge in [-0.05, 0) is 24.6 Å². The quantitative estimate of drug-likeness (QED) is 0.590. The minimum absolute atomic E-state index is 0.172. The highest BCUT2D eigenvalue weighted by Crippen LogP contribution is 2.34. The van der Waals surface area contributed by atoms with Crippen LogP contribution in [0, 0.1) is 12.7 Å². The number of nitrogens with zero attached hydrogens (tertiary/aromatic N) is 3. The molecule has 0 unspecified atom stereocenters. The molecule has 0 saturated carbocycles. The molecule has 4 N–H and O–H groups in total. The van der Waals surface area contributed by atoms with Gasteiger partial charge in [0.25, 0.3) is 0 Å². The van der Waals surface area contributed by atoms with Gasteiger partial charge in [-0.25, -0.2) is 24.6 Å². The van der Waals surface area contributed by atoms with Crippen LogP contribution in [0.2, 0.25) is 0 Å². The number of fused-ring (bicyclic) bond motifs is 1. The summed E-state index contributed by atoms with van der Waals surface area (Å²) in [6.07, 6.45) is 0.00469. The summed E-state index contributed by atoms with van der Waals surface area (Å²) in [5.74, 6) is 0.270. The van der Waals surface area contributed by atoms with Crippen molar-refractivity contribution in [2.45, 2.75) is 25.4 Å². The highest BCUT2D eigenvalue weighted by Gasteiger charge is 2.28. The molecule has 2 atom stereocenters. The van der Waals surface area contributed by atoms with Crippen molar-refractivity contribution >= 4 is 33.8 Å². The second kappa shape index (κ2) is 7.91. The Kier molecular flexibility index (Phi) is 5.33. The normalized spacial score (nSPS) is 20.5. The second-order valence-corrected chi connectivity index (χ2v) is 7.56. The first-order chi connectivity index (χ1) is 13.9. The third-order valence-corrected chi connectivity index (χ3v) is 5.29. The van der Waals surface area contributed by atoms with E-state index in [9.17, 15) is 9.18 Å². The van der Waals surface area contributed by atoms with Crippen molar-refractivity contribution < 1.29 is 18.8 Å². The maximum atomic E-state index is 13.5. The fourth-order valence-electron chi connectivity index (χ4n) is 3.32. The average molecular weight is 465 g/mol. The molecule has 0 spiro atoms. The molecule has 1 fully saturated rings. The van der Waals surface area contributed by atoms with E-state index in [2.05, 4.69) is 36.7 Å². The number of hydroxylamine groups is 1. The summed E-state index contributed by atoms with van der Waals surface area (Å²) in [7, 11) is 0. The van der Waals surface area contributed by atoms with Gasteiger partial charge in [-0.15, -0.1) is 0 Å². The minimum Gasteiger partial charge on any atom is -0.447 e. The average Bonchev–Trinajstić information content (AvgIpc) is 3.06. The van der Waals surface area contributed by atoms with E-state index < -0.39 is 6.09 Å². The molecule has 0 radical (unpaired) electrons. The Balaban J connectivity index is 1.61. The van der Waals surface area contributed by atoms with Gasteiger partial charge in [0.1, 0.15) is 12.4 Å². The summed E-state index contributed by atoms with van der Waals surface area (Å²) in [5, 5.41) is 2.63. The largest absolute Gasteiger partial charge is 0.447 e. The van der Waals surface area contributed by atoms with Crippen LogP contribution in [-0.2, 0) is 16.0 Å². The molecular formula is C18H18BrFN6O3. The maximum absolute atomic E-state index is 13.5. The van der Waals surface area contributed by atoms with E-state index in [-0.39, 0.29) is 37.1 Å². The summed E-state index contributed by atoms with van der Waals surface area (Å²) in [5.41, 5.74) is 11.6. The number of nitrogens with one attached hydrogen (secondary N) is 2. The Morgan fingerprint density at radius 2 is 2.28 bits per heavy atom. The van der Waals surface area contributed by atoms with Crippen molar-refractivity contribution in [2.75, 3.05) is 18.9 Å². The Labute approximate surface area is 174 Å². The number of hydrogen-bond donors (Lipinski definition) is 3. The predicted molar refractivity (Wildman–Crippen MR) is 106 cm³/mol. The number of aryl methyl sites for hydroxylation is 1. The third-order valence-electron chi connectivity index (χ3n) is 4.60. The van der Waals surface area contributed by atoms with Crippen LogP contribution >= 0.6 is 15.9 Å². The van der Waals surface area contributed by atoms with Gasteiger partial charge >= 0.3 is 6.09 Å². The van der Waals surface area contributed by atoms with E-state index in [1.807, 2.05) is 6.92 Å². The summed E-state index contributed by atoms with van der Waals surface area (Å²) in [4.78, 5) is 30.0. The first-order valence-corrected chi connectivity index (χ1v) is 9.67. The van der Waals surface area contributed by atoms with E-state index in [0.29, 0.717) is 28.0 Å². The zero-order valence-electron chi connectivity index (χ0n) is 15.4. The number of anilines is 1. The monoisotopic (exact) mass is 464 g/mol. The van der Waals surface area contributed by atoms with Crippen molar-refractivity contribution in [1.29, 1.82) is 0 Å². The molecule has 4 rings (SSSR count). The molecule has 9 nitrogen and oxygen atoms in total. The first-order valence-electron chi connectivity index (χ1n) is 8.88. The number of rotatable bonds is 4. The lowest BCUT2D eigenvalue weighted by Gasteiger charge is -2.25. The fourth-order valence-corrected chi connectivity index (χ4v) is 3.93. The summed E-state index contributed by atoms with van der Waals surface area (Å²) in [6.45, 7) is 2.22. The standard InChI is InChI=1S/C18H18BrFN6O3/c1-8-15-14(25-17(21)22-8)5-13(11-3-2-9(20)4-12(11)19)24-16(15)26-29-7-10-6-28-18(27)23-10/h2-4,10,13H,5-7H2,1H3,(H,23,27)(H,24,26)(H2,21,22,25)/t10-,13-/m1/s1. The van der Waals surface area contributed by atoms with Crippen molar-refractivity contribution in [3.8, 4) is 0 Å². The number of nitrogen functional groups attached to an aromatic ring is 1. The molecule has 29 heavy (non-hydrogen) atoms. The number of aromatic nitrogens is 2. The molecule has 0 bridgehead atoms. The Morgan fingerprint density at radius 3 is 3.00 bits per heavy atom. The number of carbonyl (C=O) groups is 1. The van der Waals surface area contributed by atoms with Crippen LogP contribution in [0.15, 0.2) is 27.7 Å². The molecule has 2 aromatic rings. The van der Waals surface area contributed by atoms with Gasteiger partial charge in [-0.3, -0.25) is 9.83 Å². The zero-order chi connectivity index (χ0) is 20.5. The third kappa shape index (κ3) is 4.15. The van der Waals surface area contributed by atoms with Crippen LogP contribution in [0.3, 0.4) is 0 Å². The lowest BCUT2D eigenvalue weighted by molar-refractivity contribution is 0.0667. The smallest absolute Gasteiger partial charge is 0.407 e. The maximum Gasteiger partial charge on any atom is 0.407 e. The number of benzene rings is 1. The van der Waals surface area contributed by atoms with Gasteiger partial charge in [-0.2, -0.15) is 0 Å². The lowest BCUT2D eigenvalue weighted by Crippen LogP contribution is -2.37. The van der Waals surface area contributed by atoms with E-state index in [4.69, 9.17) is 20.3 Å². The SMILES string of the molecule is Cc1nc(N)nc2c1C(NOC[C@H]1COC(=O)N1)=N[C@@H](c1ccc(F)cc1Br)C2. The van der Waals surface area contributed by atoms with E-state index >= 15 is 0 Å². The molecule has 0 aliphatic carbocycles. The van der Waals surface area contributed by atoms with Crippen LogP contribution < -0.4 is 16.5 Å². The summed E-state index contributed by atoms with van der Waals surface area (Å²) < 4.78 is 18.9. The molecular weight excluding hydrogens is 447 g/mol. The number of halogens is 2. The fraction of sp³-hybridized carbons (Fsp3) is 0.333. The highest BCUT2D eigenvalue weighted by molar-refractivity contribution is 9.10. The lowest BCUT2D eigenvalue weighted by atomic mass is 9.95. The van der Waals surface area contributed by atoms with Crippen LogP contribution in [0.1, 0.15) is 28.6 Å². The van der Waals surface area contributed by atoms with Crippen molar-refractivity contribution in [3.63, 3.8) is 0 Å². The summed E-state index contributed by atoms with van der Waals surface area (Å²) in [6, 6.07) is 3.87. The van der Waals surface area contributed by atoms with E-state index in [1.165, 1.54) is 12.1 Å². The Hall–Kier alpha value is -2.79. The predicted octanol–water partition coefficient (Wildman–Crippen LogP) is 1.94. The van der Waals surface area contributed by atoms with Crippen LogP contribution in [0.4, 0.5) is 15.1 Å². The number of amidine groups is 1. The van der Waals surface area contributed by atoms with Gasteiger partial charge in [0.2, 0.25) is 5.95 Å². The van der Waals surface area contributed by atoms with Crippen LogP contribution in [0.25, 0.3) is 0 Å².